The molecule has 1 aromatic carbocycles. The Hall–Kier alpha value is -2.33. The van der Waals surface area contributed by atoms with Crippen molar-refractivity contribution in [2.45, 2.75) is 32.3 Å². The SMILES string of the molecule is CCCCS(=O)(=O)Nc1ccc(NC(=O)NCC(C)(O)C(=O)O)cc1. The Morgan fingerprint density at radius 2 is 1.72 bits per heavy atom. The molecule has 9 nitrogen and oxygen atoms in total. The molecule has 140 valence electrons. The predicted octanol–water partition coefficient (Wildman–Crippen LogP) is 1.19. The van der Waals surface area contributed by atoms with E-state index < -0.39 is 34.2 Å². The number of unbranched alkanes of at least 4 members (excludes halogenated alkanes) is 1. The van der Waals surface area contributed by atoms with Crippen LogP contribution in [-0.4, -0.2) is 48.5 Å². The predicted molar refractivity (Wildman–Crippen MR) is 94.0 cm³/mol. The molecule has 0 bridgehead atoms. The number of carbonyl (C=O) groups is 2. The van der Waals surface area contributed by atoms with Crippen LogP contribution in [0.25, 0.3) is 0 Å². The third-order valence-corrected chi connectivity index (χ3v) is 4.61. The molecule has 25 heavy (non-hydrogen) atoms. The van der Waals surface area contributed by atoms with Crippen LogP contribution in [0.15, 0.2) is 24.3 Å². The fourth-order valence-electron chi connectivity index (χ4n) is 1.69. The van der Waals surface area contributed by atoms with Crippen LogP contribution in [0.1, 0.15) is 26.7 Å². The van der Waals surface area contributed by atoms with Gasteiger partial charge in [-0.3, -0.25) is 4.72 Å². The number of carbonyl (C=O) groups excluding carboxylic acids is 1. The first-order valence-corrected chi connectivity index (χ1v) is 9.32. The van der Waals surface area contributed by atoms with E-state index in [2.05, 4.69) is 15.4 Å². The topological polar surface area (TPSA) is 145 Å². The van der Waals surface area contributed by atoms with Crippen molar-refractivity contribution in [2.24, 2.45) is 0 Å². The summed E-state index contributed by atoms with van der Waals surface area (Å²) in [5.74, 6) is -1.41. The van der Waals surface area contributed by atoms with Gasteiger partial charge in [0.25, 0.3) is 0 Å². The van der Waals surface area contributed by atoms with E-state index >= 15 is 0 Å². The van der Waals surface area contributed by atoms with E-state index in [-0.39, 0.29) is 5.75 Å². The number of hydrogen-bond donors (Lipinski definition) is 5. The maximum absolute atomic E-state index is 11.8. The van der Waals surface area contributed by atoms with Crippen molar-refractivity contribution in [3.8, 4) is 0 Å². The minimum absolute atomic E-state index is 0.0371. The van der Waals surface area contributed by atoms with Crippen LogP contribution < -0.4 is 15.4 Å². The van der Waals surface area contributed by atoms with Gasteiger partial charge < -0.3 is 20.8 Å². The van der Waals surface area contributed by atoms with E-state index in [1.807, 2.05) is 6.92 Å². The Kier molecular flexibility index (Phi) is 7.19. The van der Waals surface area contributed by atoms with Gasteiger partial charge in [0.05, 0.1) is 12.3 Å². The van der Waals surface area contributed by atoms with Gasteiger partial charge >= 0.3 is 12.0 Å². The Morgan fingerprint density at radius 1 is 1.16 bits per heavy atom. The van der Waals surface area contributed by atoms with Crippen LogP contribution >= 0.6 is 0 Å². The highest BCUT2D eigenvalue weighted by Crippen LogP contribution is 2.15. The number of carboxylic acids is 1. The molecule has 10 heteroatoms. The van der Waals surface area contributed by atoms with Crippen LogP contribution in [0, 0.1) is 0 Å². The fourth-order valence-corrected chi connectivity index (χ4v) is 2.96. The van der Waals surface area contributed by atoms with Crippen molar-refractivity contribution >= 4 is 33.4 Å². The number of aliphatic carboxylic acids is 1. The van der Waals surface area contributed by atoms with Crippen LogP contribution in [0.4, 0.5) is 16.2 Å². The summed E-state index contributed by atoms with van der Waals surface area (Å²) < 4.78 is 26.0. The van der Waals surface area contributed by atoms with E-state index in [1.165, 1.54) is 24.3 Å². The largest absolute Gasteiger partial charge is 0.479 e. The summed E-state index contributed by atoms with van der Waals surface area (Å²) in [7, 11) is -3.40. The van der Waals surface area contributed by atoms with E-state index in [9.17, 15) is 23.1 Å². The highest BCUT2D eigenvalue weighted by molar-refractivity contribution is 7.92. The van der Waals surface area contributed by atoms with E-state index in [4.69, 9.17) is 5.11 Å². The average Bonchev–Trinajstić information content (AvgIpc) is 2.53. The number of amides is 2. The van der Waals surface area contributed by atoms with Crippen LogP contribution in [0.5, 0.6) is 0 Å². The summed E-state index contributed by atoms with van der Waals surface area (Å²) in [6.45, 7) is 2.50. The molecular weight excluding hydrogens is 350 g/mol. The minimum atomic E-state index is -3.40. The minimum Gasteiger partial charge on any atom is -0.479 e. The normalized spacial score (nSPS) is 13.6. The molecule has 1 unspecified atom stereocenters. The van der Waals surface area contributed by atoms with Gasteiger partial charge in [0, 0.05) is 11.4 Å². The molecule has 0 aliphatic carbocycles. The van der Waals surface area contributed by atoms with E-state index in [1.54, 1.807) is 0 Å². The monoisotopic (exact) mass is 373 g/mol. The number of hydrogen-bond acceptors (Lipinski definition) is 5. The molecule has 1 atom stereocenters. The summed E-state index contributed by atoms with van der Waals surface area (Å²) in [5.41, 5.74) is -1.32. The molecule has 5 N–H and O–H groups in total. The number of benzene rings is 1. The maximum Gasteiger partial charge on any atom is 0.337 e. The first-order chi connectivity index (χ1) is 11.6. The van der Waals surface area contributed by atoms with Gasteiger partial charge in [0.15, 0.2) is 5.60 Å². The highest BCUT2D eigenvalue weighted by atomic mass is 32.2. The summed E-state index contributed by atoms with van der Waals surface area (Å²) >= 11 is 0. The van der Waals surface area contributed by atoms with E-state index in [0.29, 0.717) is 17.8 Å². The molecule has 0 saturated carbocycles. The van der Waals surface area contributed by atoms with Crippen molar-refractivity contribution in [1.82, 2.24) is 5.32 Å². The zero-order valence-corrected chi connectivity index (χ0v) is 14.9. The van der Waals surface area contributed by atoms with Crippen molar-refractivity contribution in [3.05, 3.63) is 24.3 Å². The molecule has 0 saturated heterocycles. The molecule has 0 aliphatic heterocycles. The lowest BCUT2D eigenvalue weighted by atomic mass is 10.1. The molecular formula is C15H23N3O6S. The van der Waals surface area contributed by atoms with Gasteiger partial charge in [-0.1, -0.05) is 13.3 Å². The van der Waals surface area contributed by atoms with Crippen molar-refractivity contribution in [3.63, 3.8) is 0 Å². The Morgan fingerprint density at radius 3 is 2.24 bits per heavy atom. The molecule has 0 spiro atoms. The fraction of sp³-hybridized carbons (Fsp3) is 0.467. The maximum atomic E-state index is 11.8. The first-order valence-electron chi connectivity index (χ1n) is 7.67. The average molecular weight is 373 g/mol. The van der Waals surface area contributed by atoms with Crippen molar-refractivity contribution in [1.29, 1.82) is 0 Å². The van der Waals surface area contributed by atoms with Gasteiger partial charge in [0.2, 0.25) is 10.0 Å². The summed E-state index contributed by atoms with van der Waals surface area (Å²) in [6, 6.07) is 5.27. The first kappa shape index (κ1) is 20.7. The zero-order chi connectivity index (χ0) is 19.1. The summed E-state index contributed by atoms with van der Waals surface area (Å²) in [4.78, 5) is 22.4. The van der Waals surface area contributed by atoms with Crippen LogP contribution in [0.3, 0.4) is 0 Å². The quantitative estimate of drug-likeness (QED) is 0.439. The lowest BCUT2D eigenvalue weighted by Gasteiger charge is -2.18. The second kappa shape index (κ2) is 8.67. The number of rotatable bonds is 9. The molecule has 1 rings (SSSR count). The number of urea groups is 1. The van der Waals surface area contributed by atoms with Crippen molar-refractivity contribution < 1.29 is 28.2 Å². The zero-order valence-electron chi connectivity index (χ0n) is 14.1. The number of sulfonamides is 1. The number of anilines is 2. The number of carboxylic acid groups (broad SMARTS) is 1. The third kappa shape index (κ3) is 7.40. The molecule has 0 aromatic heterocycles. The molecule has 0 heterocycles. The lowest BCUT2D eigenvalue weighted by molar-refractivity contribution is -0.155. The number of nitrogens with one attached hydrogen (secondary N) is 3. The second-order valence-electron chi connectivity index (χ2n) is 5.74. The van der Waals surface area contributed by atoms with Crippen LogP contribution in [0.2, 0.25) is 0 Å². The molecule has 0 radical (unpaired) electrons. The van der Waals surface area contributed by atoms with Gasteiger partial charge in [0.1, 0.15) is 0 Å². The van der Waals surface area contributed by atoms with E-state index in [0.717, 1.165) is 13.3 Å². The summed E-state index contributed by atoms with van der Waals surface area (Å²) in [5, 5.41) is 22.9. The Bertz CT molecular complexity index is 700. The van der Waals surface area contributed by atoms with Gasteiger partial charge in [-0.15, -0.1) is 0 Å². The number of aliphatic hydroxyl groups is 1. The second-order valence-corrected chi connectivity index (χ2v) is 7.58. The van der Waals surface area contributed by atoms with Crippen molar-refractivity contribution in [2.75, 3.05) is 22.3 Å². The third-order valence-electron chi connectivity index (χ3n) is 3.24. The standard InChI is InChI=1S/C15H23N3O6S/c1-3-4-9-25(23,24)18-12-7-5-11(6-8-12)17-14(21)16-10-15(2,22)13(19)20/h5-8,18,22H,3-4,9-10H2,1-2H3,(H,19,20)(H2,16,17,21). The molecule has 0 aliphatic rings. The molecule has 0 fully saturated rings. The van der Waals surface area contributed by atoms with Gasteiger partial charge in [-0.05, 0) is 37.6 Å². The summed E-state index contributed by atoms with van der Waals surface area (Å²) in [6.07, 6.45) is 1.34. The molecule has 2 amide bonds. The van der Waals surface area contributed by atoms with Crippen LogP contribution in [-0.2, 0) is 14.8 Å². The lowest BCUT2D eigenvalue weighted by Crippen LogP contribution is -2.47. The van der Waals surface area contributed by atoms with Gasteiger partial charge in [-0.25, -0.2) is 18.0 Å². The smallest absolute Gasteiger partial charge is 0.337 e. The highest BCUT2D eigenvalue weighted by Gasteiger charge is 2.30. The van der Waals surface area contributed by atoms with Gasteiger partial charge in [-0.2, -0.15) is 0 Å². The Balaban J connectivity index is 2.57. The molecule has 1 aromatic rings. The Labute approximate surface area is 146 Å².